The quantitative estimate of drug-likeness (QED) is 0.252. The molecule has 0 aromatic carbocycles. The zero-order chi connectivity index (χ0) is 22.7. The standard InChI is InChI=1S/C9H15O3Si.3C5H11.Pt/c1-10-13(11-2,12-3)8-9-6-4-5-7-9;3*1-5(2,3)4;/h4,6H,5,8H2,1-3H3;3*1H2,2-4H3;. The molecule has 0 spiro atoms. The van der Waals surface area contributed by atoms with Crippen LogP contribution in [0.3, 0.4) is 0 Å². The summed E-state index contributed by atoms with van der Waals surface area (Å²) in [6.45, 7) is 21.9. The maximum atomic E-state index is 5.81. The molecule has 29 heavy (non-hydrogen) atoms. The van der Waals surface area contributed by atoms with Gasteiger partial charge in [-0.05, 0) is 0 Å². The molecule has 0 fully saturated rings. The first-order valence-electron chi connectivity index (χ1n) is 10.6. The van der Waals surface area contributed by atoms with Gasteiger partial charge in [-0.2, -0.15) is 0 Å². The fraction of sp³-hybridized carbons (Fsp3) is 0.833. The summed E-state index contributed by atoms with van der Waals surface area (Å²) in [6.07, 6.45) is 5.83. The van der Waals surface area contributed by atoms with Crippen molar-refractivity contribution in [3.63, 3.8) is 0 Å². The van der Waals surface area contributed by atoms with Crippen molar-refractivity contribution in [2.45, 2.75) is 89.2 Å². The van der Waals surface area contributed by atoms with E-state index in [9.17, 15) is 0 Å². The van der Waals surface area contributed by atoms with Gasteiger partial charge in [0.2, 0.25) is 0 Å². The van der Waals surface area contributed by atoms with Gasteiger partial charge >= 0.3 is 187 Å². The topological polar surface area (TPSA) is 27.7 Å². The van der Waals surface area contributed by atoms with Crippen LogP contribution in [0.4, 0.5) is 0 Å². The number of rotatable bonds is 9. The van der Waals surface area contributed by atoms with E-state index < -0.39 is 24.9 Å². The number of allylic oxidation sites excluding steroid dienone is 4. The van der Waals surface area contributed by atoms with Gasteiger partial charge in [-0.15, -0.1) is 0 Å². The molecule has 0 N–H and O–H groups in total. The maximum absolute atomic E-state index is 5.81. The molecule has 0 radical (unpaired) electrons. The van der Waals surface area contributed by atoms with Crippen molar-refractivity contribution >= 4 is 8.80 Å². The average Bonchev–Trinajstić information content (AvgIpc) is 2.96. The van der Waals surface area contributed by atoms with Crippen LogP contribution in [-0.2, 0) is 29.3 Å². The van der Waals surface area contributed by atoms with Gasteiger partial charge in [-0.25, -0.2) is 0 Å². The Morgan fingerprint density at radius 1 is 0.759 bits per heavy atom. The predicted molar refractivity (Wildman–Crippen MR) is 125 cm³/mol. The molecule has 0 heterocycles. The van der Waals surface area contributed by atoms with Crippen LogP contribution in [0.25, 0.3) is 0 Å². The van der Waals surface area contributed by atoms with E-state index in [1.807, 2.05) is 0 Å². The zero-order valence-electron chi connectivity index (χ0n) is 21.2. The molecule has 176 valence electrons. The summed E-state index contributed by atoms with van der Waals surface area (Å²) < 4.78 is 19.2. The first kappa shape index (κ1) is 27.3. The molecule has 0 aliphatic heterocycles. The Morgan fingerprint density at radius 2 is 1.14 bits per heavy atom. The Labute approximate surface area is 186 Å². The fourth-order valence-electron chi connectivity index (χ4n) is 3.96. The summed E-state index contributed by atoms with van der Waals surface area (Å²) >= 11 is -2.38. The Bertz CT molecular complexity index is 550. The van der Waals surface area contributed by atoms with E-state index >= 15 is 0 Å². The van der Waals surface area contributed by atoms with Gasteiger partial charge in [0.25, 0.3) is 0 Å². The second kappa shape index (κ2) is 9.82. The van der Waals surface area contributed by atoms with Gasteiger partial charge in [0, 0.05) is 0 Å². The van der Waals surface area contributed by atoms with Crippen molar-refractivity contribution in [1.82, 2.24) is 0 Å². The molecule has 5 heteroatoms. The summed E-state index contributed by atoms with van der Waals surface area (Å²) in [5.41, 5.74) is 2.43. The third-order valence-corrected chi connectivity index (χ3v) is 23.0. The van der Waals surface area contributed by atoms with E-state index in [4.69, 9.17) is 13.3 Å². The molecular weight excluding hydrogens is 559 g/mol. The van der Waals surface area contributed by atoms with E-state index in [0.29, 0.717) is 16.2 Å². The van der Waals surface area contributed by atoms with Crippen LogP contribution in [0.1, 0.15) is 68.7 Å². The van der Waals surface area contributed by atoms with Gasteiger partial charge in [0.15, 0.2) is 0 Å². The first-order chi connectivity index (χ1) is 13.0. The van der Waals surface area contributed by atoms with Crippen LogP contribution >= 0.6 is 0 Å². The van der Waals surface area contributed by atoms with E-state index in [1.54, 1.807) is 25.3 Å². The van der Waals surface area contributed by atoms with Crippen molar-refractivity contribution < 1.29 is 29.3 Å². The van der Waals surface area contributed by atoms with Crippen LogP contribution in [0.2, 0.25) is 20.5 Å². The van der Waals surface area contributed by atoms with E-state index in [0.717, 1.165) is 12.5 Å². The number of hydrogen-bond acceptors (Lipinski definition) is 3. The van der Waals surface area contributed by atoms with Crippen LogP contribution in [0, 0.1) is 16.2 Å². The molecule has 1 aliphatic rings. The Hall–Kier alpha value is 0.265. The van der Waals surface area contributed by atoms with E-state index in [-0.39, 0.29) is 0 Å². The van der Waals surface area contributed by atoms with Gasteiger partial charge < -0.3 is 0 Å². The predicted octanol–water partition coefficient (Wildman–Crippen LogP) is 7.63. The van der Waals surface area contributed by atoms with Gasteiger partial charge in [-0.3, -0.25) is 0 Å². The van der Waals surface area contributed by atoms with Crippen molar-refractivity contribution in [3.05, 3.63) is 21.7 Å². The molecule has 0 aromatic heterocycles. The van der Waals surface area contributed by atoms with Crippen molar-refractivity contribution in [1.29, 1.82) is 0 Å². The second-order valence-electron chi connectivity index (χ2n) is 11.8. The molecule has 0 aromatic rings. The first-order valence-corrected chi connectivity index (χ1v) is 18.5. The summed E-state index contributed by atoms with van der Waals surface area (Å²) in [7, 11) is 2.52. The van der Waals surface area contributed by atoms with Crippen molar-refractivity contribution in [2.75, 3.05) is 21.3 Å². The summed E-state index contributed by atoms with van der Waals surface area (Å²) in [6, 6.07) is 0.784. The molecule has 0 atom stereocenters. The fourth-order valence-corrected chi connectivity index (χ4v) is 25.4. The molecule has 3 nitrogen and oxygen atoms in total. The average molecular weight is 608 g/mol. The van der Waals surface area contributed by atoms with Crippen molar-refractivity contribution in [2.24, 2.45) is 16.2 Å². The Morgan fingerprint density at radius 3 is 1.45 bits per heavy atom. The minimum absolute atomic E-state index is 0.326. The third kappa shape index (κ3) is 8.37. The van der Waals surface area contributed by atoms with Crippen LogP contribution < -0.4 is 0 Å². The molecule has 1 rings (SSSR count). The van der Waals surface area contributed by atoms with E-state index in [1.165, 1.54) is 20.0 Å². The molecular formula is C24H48O3PtSi. The molecule has 0 saturated heterocycles. The minimum atomic E-state index is -2.66. The molecule has 0 unspecified atom stereocenters. The van der Waals surface area contributed by atoms with Gasteiger partial charge in [0.05, 0.1) is 0 Å². The summed E-state index contributed by atoms with van der Waals surface area (Å²) in [5, 5.41) is 0. The molecule has 1 aliphatic carbocycles. The summed E-state index contributed by atoms with van der Waals surface area (Å²) in [5.74, 6) is 0. The normalized spacial score (nSPS) is 17.4. The van der Waals surface area contributed by atoms with Crippen LogP contribution in [0.5, 0.6) is 0 Å². The van der Waals surface area contributed by atoms with Gasteiger partial charge in [0.1, 0.15) is 0 Å². The molecule has 0 saturated carbocycles. The third-order valence-electron chi connectivity index (χ3n) is 4.33. The number of hydrogen-bond donors (Lipinski definition) is 0. The van der Waals surface area contributed by atoms with Crippen LogP contribution in [-0.4, -0.2) is 30.1 Å². The Balaban J connectivity index is 3.63. The van der Waals surface area contributed by atoms with Gasteiger partial charge in [-0.1, -0.05) is 0 Å². The van der Waals surface area contributed by atoms with Crippen LogP contribution in [0.15, 0.2) is 21.7 Å². The summed E-state index contributed by atoms with van der Waals surface area (Å²) in [4.78, 5) is 4.07. The van der Waals surface area contributed by atoms with E-state index in [2.05, 4.69) is 74.5 Å². The molecule has 0 bridgehead atoms. The second-order valence-corrected chi connectivity index (χ2v) is 24.3. The molecule has 0 amide bonds. The Kier molecular flexibility index (Phi) is 9.24. The zero-order valence-corrected chi connectivity index (χ0v) is 24.5. The van der Waals surface area contributed by atoms with Crippen molar-refractivity contribution in [3.8, 4) is 0 Å². The monoisotopic (exact) mass is 607 g/mol. The SMILES string of the molecule is CO[Si](CC1=[C]([Pt]([CH2]C(C)(C)C)([CH2]C(C)(C)C)[CH2]C(C)(C)C)CC=C1)(OC)OC.